The van der Waals surface area contributed by atoms with Gasteiger partial charge in [0.15, 0.2) is 0 Å². The summed E-state index contributed by atoms with van der Waals surface area (Å²) in [5.41, 5.74) is 4.59. The van der Waals surface area contributed by atoms with Crippen LogP contribution in [0.4, 0.5) is 0 Å². The minimum Gasteiger partial charge on any atom is -0.465 e. The number of methoxy groups -OCH3 is 1. The molecule has 0 saturated heterocycles. The van der Waals surface area contributed by atoms with E-state index in [1.165, 1.54) is 12.7 Å². The summed E-state index contributed by atoms with van der Waals surface area (Å²) in [5, 5.41) is 15.3. The van der Waals surface area contributed by atoms with E-state index in [4.69, 9.17) is 16.3 Å². The van der Waals surface area contributed by atoms with Crippen LogP contribution in [-0.2, 0) is 11.2 Å². The Labute approximate surface area is 174 Å². The highest BCUT2D eigenvalue weighted by atomic mass is 35.5. The van der Waals surface area contributed by atoms with Crippen molar-refractivity contribution in [3.8, 4) is 5.69 Å². The molecule has 1 aromatic heterocycles. The molecule has 2 heterocycles. The summed E-state index contributed by atoms with van der Waals surface area (Å²) in [5.74, 6) is 0.147. The monoisotopic (exact) mass is 413 g/mol. The highest BCUT2D eigenvalue weighted by Gasteiger charge is 2.55. The topological polar surface area (TPSA) is 72.1 Å². The second-order valence-electron chi connectivity index (χ2n) is 8.51. The zero-order valence-electron chi connectivity index (χ0n) is 16.8. The van der Waals surface area contributed by atoms with Gasteiger partial charge >= 0.3 is 5.97 Å². The first kappa shape index (κ1) is 18.6. The molecule has 2 aromatic rings. The average molecular weight is 414 g/mol. The Morgan fingerprint density at radius 1 is 1.38 bits per heavy atom. The van der Waals surface area contributed by atoms with Crippen molar-refractivity contribution in [3.63, 3.8) is 0 Å². The van der Waals surface area contributed by atoms with Crippen molar-refractivity contribution in [1.29, 1.82) is 0 Å². The number of halogens is 1. The molecule has 5 rings (SSSR count). The van der Waals surface area contributed by atoms with E-state index in [1.54, 1.807) is 6.20 Å². The first-order chi connectivity index (χ1) is 13.9. The Bertz CT molecular complexity index is 1020. The Morgan fingerprint density at radius 3 is 2.93 bits per heavy atom. The molecule has 1 fully saturated rings. The van der Waals surface area contributed by atoms with Gasteiger partial charge in [-0.2, -0.15) is 10.2 Å². The number of carbonyl (C=O) groups is 1. The van der Waals surface area contributed by atoms with Gasteiger partial charge in [0.25, 0.3) is 0 Å². The number of ether oxygens (including phenoxy) is 1. The van der Waals surface area contributed by atoms with Gasteiger partial charge in [-0.05, 0) is 49.3 Å². The van der Waals surface area contributed by atoms with Crippen molar-refractivity contribution in [3.05, 3.63) is 46.8 Å². The number of esters is 1. The lowest BCUT2D eigenvalue weighted by Crippen LogP contribution is -2.32. The maximum atomic E-state index is 12.5. The van der Waals surface area contributed by atoms with E-state index in [-0.39, 0.29) is 22.8 Å². The fourth-order valence-corrected chi connectivity index (χ4v) is 5.35. The molecule has 7 nitrogen and oxygen atoms in total. The number of hydrogen-bond acceptors (Lipinski definition) is 6. The number of carbonyl (C=O) groups excluding carboxylic acids is 1. The van der Waals surface area contributed by atoms with Crippen LogP contribution in [0, 0.1) is 5.92 Å². The molecule has 0 spiro atoms. The van der Waals surface area contributed by atoms with Crippen LogP contribution in [0.5, 0.6) is 0 Å². The number of benzene rings is 1. The Morgan fingerprint density at radius 2 is 2.21 bits per heavy atom. The van der Waals surface area contributed by atoms with E-state index in [1.807, 2.05) is 22.8 Å². The summed E-state index contributed by atoms with van der Waals surface area (Å²) >= 11 is 6.50. The van der Waals surface area contributed by atoms with Gasteiger partial charge in [0.2, 0.25) is 0 Å². The Hall–Kier alpha value is -2.41. The molecule has 8 heteroatoms. The van der Waals surface area contributed by atoms with E-state index >= 15 is 0 Å². The molecule has 152 valence electrons. The molecule has 0 bridgehead atoms. The molecule has 2 unspecified atom stereocenters. The maximum absolute atomic E-state index is 12.5. The summed E-state index contributed by atoms with van der Waals surface area (Å²) in [6.07, 6.45) is 4.42. The van der Waals surface area contributed by atoms with E-state index < -0.39 is 0 Å². The third kappa shape index (κ3) is 2.86. The van der Waals surface area contributed by atoms with Crippen LogP contribution in [0.3, 0.4) is 0 Å². The van der Waals surface area contributed by atoms with Crippen LogP contribution < -0.4 is 0 Å². The summed E-state index contributed by atoms with van der Waals surface area (Å²) in [6, 6.07) is 6.17. The van der Waals surface area contributed by atoms with Crippen LogP contribution in [-0.4, -0.2) is 47.0 Å². The second kappa shape index (κ2) is 6.55. The quantitative estimate of drug-likeness (QED) is 0.559. The van der Waals surface area contributed by atoms with Gasteiger partial charge in [-0.1, -0.05) is 17.4 Å². The molecular formula is C21H24ClN5O2. The van der Waals surface area contributed by atoms with Crippen molar-refractivity contribution >= 4 is 17.6 Å². The number of alkyl halides is 1. The standard InChI is InChI=1S/C21H24ClN5O2/c1-21(11-26(2)25-24-21)16-9-14(16)19-15(20(28)29-3)10-23-27(19)18-6-4-5-12-13(18)7-8-17(12)22/h4-6,10,14,16-17H,7-9,11H2,1-3H3/t14-,16-,17?,21?/m1/s1. The molecular weight excluding hydrogens is 390 g/mol. The molecule has 29 heavy (non-hydrogen) atoms. The van der Waals surface area contributed by atoms with Crippen LogP contribution >= 0.6 is 11.6 Å². The van der Waals surface area contributed by atoms with Crippen LogP contribution in [0.15, 0.2) is 34.7 Å². The minimum atomic E-state index is -0.352. The summed E-state index contributed by atoms with van der Waals surface area (Å²) in [4.78, 5) is 12.5. The molecule has 2 aliphatic carbocycles. The third-order valence-electron chi connectivity index (χ3n) is 6.53. The second-order valence-corrected chi connectivity index (χ2v) is 9.04. The van der Waals surface area contributed by atoms with Gasteiger partial charge in [-0.3, -0.25) is 5.01 Å². The van der Waals surface area contributed by atoms with Gasteiger partial charge < -0.3 is 4.74 Å². The van der Waals surface area contributed by atoms with Crippen LogP contribution in [0.1, 0.15) is 58.2 Å². The zero-order valence-corrected chi connectivity index (χ0v) is 17.6. The van der Waals surface area contributed by atoms with Gasteiger partial charge in [0, 0.05) is 13.0 Å². The smallest absolute Gasteiger partial charge is 0.341 e. The minimum absolute atomic E-state index is 0.0334. The van der Waals surface area contributed by atoms with E-state index in [2.05, 4.69) is 34.5 Å². The van der Waals surface area contributed by atoms with Crippen molar-refractivity contribution in [2.75, 3.05) is 20.7 Å². The zero-order chi connectivity index (χ0) is 20.3. The highest BCUT2D eigenvalue weighted by Crippen LogP contribution is 2.57. The average Bonchev–Trinajstić information content (AvgIpc) is 3.05. The first-order valence-corrected chi connectivity index (χ1v) is 10.4. The fourth-order valence-electron chi connectivity index (χ4n) is 5.04. The molecule has 0 radical (unpaired) electrons. The van der Waals surface area contributed by atoms with Crippen LogP contribution in [0.2, 0.25) is 0 Å². The number of likely N-dealkylation sites (N-methyl/N-ethyl adjacent to an activating group) is 1. The summed E-state index contributed by atoms with van der Waals surface area (Å²) < 4.78 is 6.99. The fraction of sp³-hybridized carbons (Fsp3) is 0.524. The highest BCUT2D eigenvalue weighted by molar-refractivity contribution is 6.21. The number of hydrogen-bond donors (Lipinski definition) is 0. The van der Waals surface area contributed by atoms with E-state index in [9.17, 15) is 4.79 Å². The van der Waals surface area contributed by atoms with Crippen molar-refractivity contribution < 1.29 is 9.53 Å². The predicted molar refractivity (Wildman–Crippen MR) is 109 cm³/mol. The molecule has 4 atom stereocenters. The Balaban J connectivity index is 1.59. The molecule has 3 aliphatic rings. The molecule has 0 N–H and O–H groups in total. The lowest BCUT2D eigenvalue weighted by molar-refractivity contribution is 0.0599. The third-order valence-corrected chi connectivity index (χ3v) is 6.98. The van der Waals surface area contributed by atoms with Crippen molar-refractivity contribution in [1.82, 2.24) is 14.8 Å². The number of fused-ring (bicyclic) bond motifs is 1. The van der Waals surface area contributed by atoms with Crippen molar-refractivity contribution in [2.24, 2.45) is 16.3 Å². The molecule has 0 amide bonds. The first-order valence-electron chi connectivity index (χ1n) is 9.99. The maximum Gasteiger partial charge on any atom is 0.341 e. The van der Waals surface area contributed by atoms with Crippen molar-refractivity contribution in [2.45, 2.75) is 43.0 Å². The van der Waals surface area contributed by atoms with E-state index in [0.29, 0.717) is 11.5 Å². The SMILES string of the molecule is COC(=O)c1cnn(-c2cccc3c2CCC3Cl)c1[C@@H]1C[C@H]1C1(C)CN(C)N=N1. The number of rotatable bonds is 4. The largest absolute Gasteiger partial charge is 0.465 e. The lowest BCUT2D eigenvalue weighted by atomic mass is 9.94. The van der Waals surface area contributed by atoms with Gasteiger partial charge in [0.1, 0.15) is 11.1 Å². The summed E-state index contributed by atoms with van der Waals surface area (Å²) in [7, 11) is 3.35. The number of nitrogens with zero attached hydrogens (tertiary/aromatic N) is 5. The molecule has 1 saturated carbocycles. The normalized spacial score (nSPS) is 29.9. The van der Waals surface area contributed by atoms with Gasteiger partial charge in [0.05, 0.1) is 36.6 Å². The van der Waals surface area contributed by atoms with Crippen LogP contribution in [0.25, 0.3) is 5.69 Å². The Kier molecular flexibility index (Phi) is 4.21. The predicted octanol–water partition coefficient (Wildman–Crippen LogP) is 4.06. The number of aromatic nitrogens is 2. The van der Waals surface area contributed by atoms with Gasteiger partial charge in [-0.25, -0.2) is 9.48 Å². The molecule has 1 aliphatic heterocycles. The lowest BCUT2D eigenvalue weighted by Gasteiger charge is -2.20. The summed E-state index contributed by atoms with van der Waals surface area (Å²) in [6.45, 7) is 2.92. The molecule has 1 aromatic carbocycles. The van der Waals surface area contributed by atoms with E-state index in [0.717, 1.165) is 42.8 Å². The van der Waals surface area contributed by atoms with Gasteiger partial charge in [-0.15, -0.1) is 11.6 Å².